The maximum atomic E-state index is 13.9. The monoisotopic (exact) mass is 1020 g/mol. The molecule has 0 aliphatic heterocycles. The number of rotatable bonds is 27. The molecule has 7 rings (SSSR count). The predicted octanol–water partition coefficient (Wildman–Crippen LogP) is 4.18. The van der Waals surface area contributed by atoms with Gasteiger partial charge in [0.2, 0.25) is 35.4 Å². The van der Waals surface area contributed by atoms with E-state index >= 15 is 0 Å². The van der Waals surface area contributed by atoms with Crippen molar-refractivity contribution in [1.29, 1.82) is 0 Å². The predicted molar refractivity (Wildman–Crippen MR) is 283 cm³/mol. The Balaban J connectivity index is 0.900. The Hall–Kier alpha value is -8.84. The highest BCUT2D eigenvalue weighted by atomic mass is 16.4. The summed E-state index contributed by atoms with van der Waals surface area (Å²) in [5.74, 6) is -5.73. The van der Waals surface area contributed by atoms with Gasteiger partial charge in [-0.05, 0) is 90.5 Å². The summed E-state index contributed by atoms with van der Waals surface area (Å²) in [6, 6.07) is 30.7. The number of aromatic amines is 1. The number of amides is 6. The summed E-state index contributed by atoms with van der Waals surface area (Å²) in [7, 11) is 0. The number of carboxylic acids is 1. The van der Waals surface area contributed by atoms with E-state index in [0.717, 1.165) is 68.0 Å². The van der Waals surface area contributed by atoms with Crippen molar-refractivity contribution < 1.29 is 38.7 Å². The average molecular weight is 1020 g/mol. The van der Waals surface area contributed by atoms with Crippen molar-refractivity contribution in [3.63, 3.8) is 0 Å². The number of aliphatic carboxylic acids is 1. The fourth-order valence-electron chi connectivity index (χ4n) is 8.76. The van der Waals surface area contributed by atoms with Crippen LogP contribution in [0.2, 0.25) is 0 Å². The van der Waals surface area contributed by atoms with Gasteiger partial charge in [-0.25, -0.2) is 4.98 Å². The molecule has 7 aromatic rings. The standard InChI is InChI=1S/C56H61N11O8/c57-44(29-36-12-3-1-4-13-36)53(72)65-45(55(74)67-47(31-50(70)71)56(75)66-46(30-39-32-59-34-64-39)54(73)63-33-48(58)68)16-9-10-26-60-49(69)17-8-7-11-35-18-20-38(21-19-35)41-25-28-62-52-43(41)23-22-42-40(24-27-61-51(42)52)37-14-5-2-6-15-37/h1-6,12-15,18-25,27-28,32,34,44-47H,7-11,16-17,26,29-31,33,57H2,(H2,58,68)(H,59,64)(H,60,69)(H,63,73)(H,65,72)(H,66,75)(H,67,74)(H,70,71)/t44-,45-,46-,47-/m0/s1. The Kier molecular flexibility index (Phi) is 19.2. The number of aryl methyl sites for hydroxylation is 1. The number of primary amides is 1. The number of benzene rings is 4. The number of nitrogens with zero attached hydrogens (tertiary/aromatic N) is 3. The van der Waals surface area contributed by atoms with E-state index in [1.54, 1.807) is 24.3 Å². The summed E-state index contributed by atoms with van der Waals surface area (Å²) in [5.41, 5.74) is 19.8. The number of carbonyl (C=O) groups excluding carboxylic acids is 6. The van der Waals surface area contributed by atoms with Gasteiger partial charge in [0, 0.05) is 54.4 Å². The first-order chi connectivity index (χ1) is 36.3. The lowest BCUT2D eigenvalue weighted by atomic mass is 9.96. The number of pyridine rings is 2. The van der Waals surface area contributed by atoms with Gasteiger partial charge in [-0.2, -0.15) is 0 Å². The highest BCUT2D eigenvalue weighted by molar-refractivity contribution is 6.11. The van der Waals surface area contributed by atoms with Crippen LogP contribution in [0.1, 0.15) is 61.8 Å². The van der Waals surface area contributed by atoms with E-state index in [4.69, 9.17) is 21.4 Å². The van der Waals surface area contributed by atoms with E-state index in [9.17, 15) is 38.7 Å². The van der Waals surface area contributed by atoms with Crippen molar-refractivity contribution in [2.45, 2.75) is 88.4 Å². The normalized spacial score (nSPS) is 12.7. The van der Waals surface area contributed by atoms with Gasteiger partial charge in [0.05, 0.1) is 36.4 Å². The Morgan fingerprint density at radius 2 is 1.21 bits per heavy atom. The molecule has 3 aromatic heterocycles. The molecule has 19 heteroatoms. The molecule has 0 bridgehead atoms. The largest absolute Gasteiger partial charge is 0.481 e. The molecule has 0 radical (unpaired) electrons. The molecule has 11 N–H and O–H groups in total. The number of hydrogen-bond acceptors (Lipinski definition) is 11. The Bertz CT molecular complexity index is 3080. The number of hydrogen-bond donors (Lipinski definition) is 9. The molecule has 6 amide bonds. The molecule has 0 fully saturated rings. The summed E-state index contributed by atoms with van der Waals surface area (Å²) < 4.78 is 0. The van der Waals surface area contributed by atoms with E-state index < -0.39 is 72.6 Å². The number of H-pyrrole nitrogens is 1. The SMILES string of the molecule is NC(=O)CNC(=O)[C@H](Cc1cnc[nH]1)NC(=O)[C@H](CC(=O)O)NC(=O)[C@H](CCCCNC(=O)CCCCc1ccc(-c2ccnc3c2ccc2c(-c4ccccc4)ccnc23)cc1)NC(=O)[C@@H](N)Cc1ccccc1. The Morgan fingerprint density at radius 3 is 1.84 bits per heavy atom. The molecule has 0 unspecified atom stereocenters. The second-order valence-corrected chi connectivity index (χ2v) is 18.2. The van der Waals surface area contributed by atoms with Crippen LogP contribution in [0.25, 0.3) is 44.1 Å². The number of fused-ring (bicyclic) bond motifs is 3. The lowest BCUT2D eigenvalue weighted by Crippen LogP contribution is -2.58. The van der Waals surface area contributed by atoms with E-state index in [0.29, 0.717) is 37.9 Å². The molecule has 3 heterocycles. The third-order valence-electron chi connectivity index (χ3n) is 12.7. The molecule has 0 spiro atoms. The van der Waals surface area contributed by atoms with Gasteiger partial charge in [0.1, 0.15) is 18.1 Å². The zero-order valence-electron chi connectivity index (χ0n) is 41.3. The molecule has 75 heavy (non-hydrogen) atoms. The molecule has 0 saturated carbocycles. The minimum absolute atomic E-state index is 0.0464. The zero-order valence-corrected chi connectivity index (χ0v) is 41.3. The van der Waals surface area contributed by atoms with Crippen LogP contribution in [-0.4, -0.2) is 104 Å². The summed E-state index contributed by atoms with van der Waals surface area (Å²) in [4.78, 5) is 106. The van der Waals surface area contributed by atoms with Crippen LogP contribution in [0.15, 0.2) is 134 Å². The van der Waals surface area contributed by atoms with Gasteiger partial charge in [0.25, 0.3) is 0 Å². The number of carbonyl (C=O) groups is 7. The molecular weight excluding hydrogens is 955 g/mol. The Morgan fingerprint density at radius 1 is 0.600 bits per heavy atom. The third-order valence-corrected chi connectivity index (χ3v) is 12.7. The molecule has 19 nitrogen and oxygen atoms in total. The Labute approximate surface area is 433 Å². The van der Waals surface area contributed by atoms with Crippen molar-refractivity contribution in [3.05, 3.63) is 151 Å². The second kappa shape index (κ2) is 26.7. The van der Waals surface area contributed by atoms with Crippen LogP contribution in [0.5, 0.6) is 0 Å². The maximum absolute atomic E-state index is 13.9. The van der Waals surface area contributed by atoms with E-state index in [-0.39, 0.29) is 25.2 Å². The van der Waals surface area contributed by atoms with Crippen LogP contribution in [0.4, 0.5) is 0 Å². The molecule has 4 atom stereocenters. The van der Waals surface area contributed by atoms with Gasteiger partial charge in [-0.15, -0.1) is 0 Å². The van der Waals surface area contributed by atoms with Crippen LogP contribution in [0, 0.1) is 0 Å². The number of carboxylic acid groups (broad SMARTS) is 1. The molecule has 0 aliphatic carbocycles. The van der Waals surface area contributed by atoms with Crippen LogP contribution in [0.3, 0.4) is 0 Å². The highest BCUT2D eigenvalue weighted by Crippen LogP contribution is 2.35. The van der Waals surface area contributed by atoms with E-state index in [1.165, 1.54) is 12.5 Å². The van der Waals surface area contributed by atoms with Gasteiger partial charge in [0.15, 0.2) is 0 Å². The summed E-state index contributed by atoms with van der Waals surface area (Å²) in [6.45, 7) is -0.238. The van der Waals surface area contributed by atoms with Gasteiger partial charge < -0.3 is 48.1 Å². The smallest absolute Gasteiger partial charge is 0.305 e. The molecule has 4 aromatic carbocycles. The number of aromatic nitrogens is 4. The molecule has 388 valence electrons. The quantitative estimate of drug-likeness (QED) is 0.0259. The van der Waals surface area contributed by atoms with Crippen molar-refractivity contribution in [1.82, 2.24) is 46.5 Å². The molecular formula is C56H61N11O8. The maximum Gasteiger partial charge on any atom is 0.305 e. The third kappa shape index (κ3) is 15.6. The van der Waals surface area contributed by atoms with Crippen molar-refractivity contribution in [2.24, 2.45) is 11.5 Å². The second-order valence-electron chi connectivity index (χ2n) is 18.2. The van der Waals surface area contributed by atoms with Crippen LogP contribution < -0.4 is 38.1 Å². The lowest BCUT2D eigenvalue weighted by Gasteiger charge is -2.25. The average Bonchev–Trinajstić information content (AvgIpc) is 3.94. The van der Waals surface area contributed by atoms with Crippen molar-refractivity contribution >= 4 is 63.2 Å². The van der Waals surface area contributed by atoms with Gasteiger partial charge in [-0.3, -0.25) is 43.5 Å². The van der Waals surface area contributed by atoms with Crippen molar-refractivity contribution in [3.8, 4) is 22.3 Å². The molecule has 0 saturated heterocycles. The summed E-state index contributed by atoms with van der Waals surface area (Å²) >= 11 is 0. The summed E-state index contributed by atoms with van der Waals surface area (Å²) in [6.07, 6.45) is 8.95. The number of nitrogens with two attached hydrogens (primary N) is 2. The summed E-state index contributed by atoms with van der Waals surface area (Å²) in [5, 5.41) is 24.6. The lowest BCUT2D eigenvalue weighted by molar-refractivity contribution is -0.141. The first kappa shape index (κ1) is 53.9. The topological polar surface area (TPSA) is 306 Å². The number of nitrogens with one attached hydrogen (secondary N) is 6. The molecule has 0 aliphatic rings. The minimum Gasteiger partial charge on any atom is -0.481 e. The van der Waals surface area contributed by atoms with Crippen LogP contribution in [-0.2, 0) is 52.8 Å². The number of unbranched alkanes of at least 4 members (excludes halogenated alkanes) is 2. The zero-order chi connectivity index (χ0) is 53.1. The minimum atomic E-state index is -1.69. The first-order valence-corrected chi connectivity index (χ1v) is 24.9. The van der Waals surface area contributed by atoms with Crippen LogP contribution >= 0.6 is 0 Å². The fraction of sp³-hybridized carbons (Fsp3) is 0.286. The van der Waals surface area contributed by atoms with E-state index in [2.05, 4.69) is 85.1 Å². The van der Waals surface area contributed by atoms with Gasteiger partial charge >= 0.3 is 5.97 Å². The number of imidazole rings is 1. The van der Waals surface area contributed by atoms with Crippen molar-refractivity contribution in [2.75, 3.05) is 13.1 Å². The van der Waals surface area contributed by atoms with E-state index in [1.807, 2.05) is 48.8 Å². The fourth-order valence-corrected chi connectivity index (χ4v) is 8.76. The highest BCUT2D eigenvalue weighted by Gasteiger charge is 2.32. The first-order valence-electron chi connectivity index (χ1n) is 24.9. The van der Waals surface area contributed by atoms with Gasteiger partial charge in [-0.1, -0.05) is 97.1 Å².